The Labute approximate surface area is 173 Å². The number of aromatic nitrogens is 1. The van der Waals surface area contributed by atoms with Gasteiger partial charge in [0.2, 0.25) is 11.8 Å². The Balaban J connectivity index is 1.66. The standard InChI is InChI=1S/C20H28F4N4O2/c1-28(14-7-5-13(6-8-14)20(22,23)24)17-15(21)10-12(19(27-17)30-2)11-26-18(29)16-4-3-9-25-16/h10,13-14,16,25H,3-9,11H2,1-2H3,(H,26,29)/t13?,14?,16-/m0/s1. The summed E-state index contributed by atoms with van der Waals surface area (Å²) in [6.07, 6.45) is -1.81. The zero-order valence-corrected chi connectivity index (χ0v) is 17.2. The van der Waals surface area contributed by atoms with E-state index in [1.54, 1.807) is 11.9 Å². The van der Waals surface area contributed by atoms with Crippen molar-refractivity contribution in [1.29, 1.82) is 0 Å². The first-order valence-corrected chi connectivity index (χ1v) is 10.2. The molecule has 2 aliphatic rings. The summed E-state index contributed by atoms with van der Waals surface area (Å²) in [6, 6.07) is 0.793. The fraction of sp³-hybridized carbons (Fsp3) is 0.700. The summed E-state index contributed by atoms with van der Waals surface area (Å²) in [5.41, 5.74) is 0.402. The second kappa shape index (κ2) is 9.36. The number of halogens is 4. The SMILES string of the molecule is COc1nc(N(C)C2CCC(C(F)(F)F)CC2)c(F)cc1CNC(=O)[C@@H]1CCCN1. The maximum atomic E-state index is 14.8. The van der Waals surface area contributed by atoms with Crippen LogP contribution in [-0.2, 0) is 11.3 Å². The Morgan fingerprint density at radius 3 is 2.57 bits per heavy atom. The zero-order valence-electron chi connectivity index (χ0n) is 17.2. The molecule has 1 amide bonds. The van der Waals surface area contributed by atoms with Crippen molar-refractivity contribution in [2.24, 2.45) is 5.92 Å². The van der Waals surface area contributed by atoms with Crippen LogP contribution in [-0.4, -0.2) is 49.9 Å². The lowest BCUT2D eigenvalue weighted by atomic mass is 9.85. The first kappa shape index (κ1) is 22.6. The van der Waals surface area contributed by atoms with E-state index < -0.39 is 17.9 Å². The molecule has 1 aromatic rings. The highest BCUT2D eigenvalue weighted by Gasteiger charge is 2.42. The lowest BCUT2D eigenvalue weighted by molar-refractivity contribution is -0.182. The molecule has 0 unspecified atom stereocenters. The van der Waals surface area contributed by atoms with E-state index in [4.69, 9.17) is 4.74 Å². The van der Waals surface area contributed by atoms with Gasteiger partial charge in [0.05, 0.1) is 19.1 Å². The minimum atomic E-state index is -4.18. The van der Waals surface area contributed by atoms with Crippen molar-refractivity contribution in [3.05, 3.63) is 17.4 Å². The molecule has 0 bridgehead atoms. The molecule has 1 atom stereocenters. The smallest absolute Gasteiger partial charge is 0.391 e. The van der Waals surface area contributed by atoms with Gasteiger partial charge < -0.3 is 20.3 Å². The molecular weight excluding hydrogens is 404 g/mol. The first-order valence-electron chi connectivity index (χ1n) is 10.2. The second-order valence-corrected chi connectivity index (χ2v) is 7.99. The minimum absolute atomic E-state index is 0.0244. The van der Waals surface area contributed by atoms with Crippen LogP contribution in [0.5, 0.6) is 5.88 Å². The van der Waals surface area contributed by atoms with Gasteiger partial charge in [-0.3, -0.25) is 4.79 Å². The fourth-order valence-electron chi connectivity index (χ4n) is 4.23. The Morgan fingerprint density at radius 1 is 1.30 bits per heavy atom. The van der Waals surface area contributed by atoms with Crippen molar-refractivity contribution >= 4 is 11.7 Å². The van der Waals surface area contributed by atoms with E-state index in [2.05, 4.69) is 15.6 Å². The van der Waals surface area contributed by atoms with Crippen LogP contribution in [0.25, 0.3) is 0 Å². The topological polar surface area (TPSA) is 66.5 Å². The number of methoxy groups -OCH3 is 1. The highest BCUT2D eigenvalue weighted by atomic mass is 19.4. The number of hydrogen-bond donors (Lipinski definition) is 2. The predicted octanol–water partition coefficient (Wildman–Crippen LogP) is 3.15. The number of hydrogen-bond acceptors (Lipinski definition) is 5. The molecule has 0 aromatic carbocycles. The van der Waals surface area contributed by atoms with Crippen LogP contribution in [0.3, 0.4) is 0 Å². The van der Waals surface area contributed by atoms with E-state index in [0.717, 1.165) is 19.4 Å². The molecule has 30 heavy (non-hydrogen) atoms. The van der Waals surface area contributed by atoms with Gasteiger partial charge in [-0.2, -0.15) is 18.2 Å². The molecule has 2 heterocycles. The minimum Gasteiger partial charge on any atom is -0.481 e. The van der Waals surface area contributed by atoms with Crippen molar-refractivity contribution in [1.82, 2.24) is 15.6 Å². The number of carbonyl (C=O) groups excluding carboxylic acids is 1. The number of nitrogens with zero attached hydrogens (tertiary/aromatic N) is 2. The first-order chi connectivity index (χ1) is 14.2. The van der Waals surface area contributed by atoms with Crippen molar-refractivity contribution < 1.29 is 27.1 Å². The third kappa shape index (κ3) is 5.14. The van der Waals surface area contributed by atoms with Crippen LogP contribution in [0.15, 0.2) is 6.07 Å². The average molecular weight is 432 g/mol. The van der Waals surface area contributed by atoms with Gasteiger partial charge in [0, 0.05) is 25.2 Å². The molecule has 2 N–H and O–H groups in total. The van der Waals surface area contributed by atoms with Crippen molar-refractivity contribution in [3.63, 3.8) is 0 Å². The summed E-state index contributed by atoms with van der Waals surface area (Å²) < 4.78 is 58.8. The monoisotopic (exact) mass is 432 g/mol. The number of amides is 1. The lowest BCUT2D eigenvalue weighted by Crippen LogP contribution is -2.40. The second-order valence-electron chi connectivity index (χ2n) is 7.99. The highest BCUT2D eigenvalue weighted by Crippen LogP contribution is 2.39. The Hall–Kier alpha value is -2.10. The third-order valence-corrected chi connectivity index (χ3v) is 6.06. The van der Waals surface area contributed by atoms with E-state index in [1.807, 2.05) is 0 Å². The number of carbonyl (C=O) groups is 1. The van der Waals surface area contributed by atoms with Gasteiger partial charge in [-0.05, 0) is 51.1 Å². The lowest BCUT2D eigenvalue weighted by Gasteiger charge is -2.36. The van der Waals surface area contributed by atoms with Crippen LogP contribution in [0.1, 0.15) is 44.1 Å². The van der Waals surface area contributed by atoms with Crippen LogP contribution < -0.4 is 20.3 Å². The molecule has 1 aliphatic heterocycles. The normalized spacial score (nSPS) is 24.5. The van der Waals surface area contributed by atoms with Crippen molar-refractivity contribution in [2.75, 3.05) is 25.6 Å². The number of pyridine rings is 1. The van der Waals surface area contributed by atoms with E-state index in [9.17, 15) is 22.4 Å². The number of nitrogens with one attached hydrogen (secondary N) is 2. The van der Waals surface area contributed by atoms with E-state index in [0.29, 0.717) is 18.4 Å². The van der Waals surface area contributed by atoms with Gasteiger partial charge in [0.25, 0.3) is 0 Å². The number of ether oxygens (including phenoxy) is 1. The van der Waals surface area contributed by atoms with Crippen molar-refractivity contribution in [3.8, 4) is 5.88 Å². The third-order valence-electron chi connectivity index (χ3n) is 6.06. The van der Waals surface area contributed by atoms with E-state index in [1.165, 1.54) is 13.2 Å². The molecule has 6 nitrogen and oxygen atoms in total. The van der Waals surface area contributed by atoms with Gasteiger partial charge in [-0.25, -0.2) is 4.39 Å². The Morgan fingerprint density at radius 2 is 2.00 bits per heavy atom. The Kier molecular flexibility index (Phi) is 7.05. The fourth-order valence-corrected chi connectivity index (χ4v) is 4.23. The van der Waals surface area contributed by atoms with E-state index in [-0.39, 0.29) is 49.1 Å². The summed E-state index contributed by atoms with van der Waals surface area (Å²) in [6.45, 7) is 0.869. The molecule has 1 saturated heterocycles. The predicted molar refractivity (Wildman–Crippen MR) is 104 cm³/mol. The van der Waals surface area contributed by atoms with Crippen LogP contribution in [0.2, 0.25) is 0 Å². The summed E-state index contributed by atoms with van der Waals surface area (Å²) in [5.74, 6) is -1.83. The highest BCUT2D eigenvalue weighted by molar-refractivity contribution is 5.82. The zero-order chi connectivity index (χ0) is 21.9. The van der Waals surface area contributed by atoms with Gasteiger partial charge in [0.1, 0.15) is 0 Å². The average Bonchev–Trinajstić information content (AvgIpc) is 3.26. The van der Waals surface area contributed by atoms with Crippen LogP contribution in [0, 0.1) is 11.7 Å². The molecule has 0 spiro atoms. The molecule has 2 fully saturated rings. The van der Waals surface area contributed by atoms with Gasteiger partial charge in [0.15, 0.2) is 11.6 Å². The molecule has 168 valence electrons. The Bertz CT molecular complexity index is 745. The molecule has 3 rings (SSSR count). The molecule has 1 aliphatic carbocycles. The number of rotatable bonds is 6. The maximum absolute atomic E-state index is 14.8. The largest absolute Gasteiger partial charge is 0.481 e. The van der Waals surface area contributed by atoms with Gasteiger partial charge in [-0.15, -0.1) is 0 Å². The summed E-state index contributed by atoms with van der Waals surface area (Å²) in [4.78, 5) is 18.0. The molecule has 1 saturated carbocycles. The molecule has 10 heteroatoms. The number of anilines is 1. The molecule has 0 radical (unpaired) electrons. The summed E-state index contributed by atoms with van der Waals surface area (Å²) in [5, 5.41) is 5.86. The van der Waals surface area contributed by atoms with Gasteiger partial charge >= 0.3 is 6.18 Å². The van der Waals surface area contributed by atoms with Crippen molar-refractivity contribution in [2.45, 2.75) is 63.3 Å². The van der Waals surface area contributed by atoms with E-state index >= 15 is 0 Å². The van der Waals surface area contributed by atoms with Crippen LogP contribution >= 0.6 is 0 Å². The number of alkyl halides is 3. The quantitative estimate of drug-likeness (QED) is 0.676. The molecular formula is C20H28F4N4O2. The van der Waals surface area contributed by atoms with Crippen LogP contribution in [0.4, 0.5) is 23.4 Å². The maximum Gasteiger partial charge on any atom is 0.391 e. The summed E-state index contributed by atoms with van der Waals surface area (Å²) in [7, 11) is 3.04. The summed E-state index contributed by atoms with van der Waals surface area (Å²) >= 11 is 0. The van der Waals surface area contributed by atoms with Gasteiger partial charge in [-0.1, -0.05) is 0 Å². The molecule has 1 aromatic heterocycles.